The van der Waals surface area contributed by atoms with Gasteiger partial charge in [0.1, 0.15) is 0 Å². The Labute approximate surface area is 120 Å². The maximum absolute atomic E-state index is 3.56. The van der Waals surface area contributed by atoms with Crippen molar-refractivity contribution in [3.8, 4) is 0 Å². The van der Waals surface area contributed by atoms with Gasteiger partial charge in [0.15, 0.2) is 0 Å². The van der Waals surface area contributed by atoms with Gasteiger partial charge in [0.05, 0.1) is 0 Å². The fourth-order valence-corrected chi connectivity index (χ4v) is 4.18. The number of hydrogen-bond acceptors (Lipinski definition) is 2. The van der Waals surface area contributed by atoms with Crippen LogP contribution in [0, 0.1) is 11.8 Å². The smallest absolute Gasteiger partial charge is 0.0104 e. The molecule has 1 unspecified atom stereocenters. The minimum absolute atomic E-state index is 0.782. The molecule has 112 valence electrons. The number of hydrogen-bond donors (Lipinski definition) is 1. The molecular weight excluding hydrogens is 232 g/mol. The van der Waals surface area contributed by atoms with Crippen molar-refractivity contribution in [2.75, 3.05) is 26.7 Å². The van der Waals surface area contributed by atoms with Crippen LogP contribution in [0.3, 0.4) is 0 Å². The highest BCUT2D eigenvalue weighted by Gasteiger charge is 2.27. The van der Waals surface area contributed by atoms with Crippen LogP contribution in [0.25, 0.3) is 0 Å². The summed E-state index contributed by atoms with van der Waals surface area (Å²) in [4.78, 5) is 2.78. The van der Waals surface area contributed by atoms with Gasteiger partial charge < -0.3 is 10.2 Å². The van der Waals surface area contributed by atoms with Crippen LogP contribution in [0.15, 0.2) is 0 Å². The third kappa shape index (κ3) is 4.75. The summed E-state index contributed by atoms with van der Waals surface area (Å²) in [7, 11) is 2.16. The largest absolute Gasteiger partial charge is 0.317 e. The van der Waals surface area contributed by atoms with Gasteiger partial charge in [-0.2, -0.15) is 0 Å². The number of unbranched alkanes of at least 4 members (excludes halogenated alkanes) is 1. The maximum atomic E-state index is 3.56. The fourth-order valence-electron chi connectivity index (χ4n) is 4.18. The lowest BCUT2D eigenvalue weighted by molar-refractivity contribution is 0.119. The normalized spacial score (nSPS) is 33.5. The van der Waals surface area contributed by atoms with Crippen LogP contribution in [0.1, 0.15) is 64.7 Å². The molecule has 2 nitrogen and oxygen atoms in total. The van der Waals surface area contributed by atoms with Gasteiger partial charge in [-0.25, -0.2) is 0 Å². The lowest BCUT2D eigenvalue weighted by Gasteiger charge is -2.39. The summed E-state index contributed by atoms with van der Waals surface area (Å²) in [6, 6.07) is 0.782. The first-order valence-electron chi connectivity index (χ1n) is 8.73. The summed E-state index contributed by atoms with van der Waals surface area (Å²) >= 11 is 0. The van der Waals surface area contributed by atoms with E-state index in [0.717, 1.165) is 17.9 Å². The molecule has 3 atom stereocenters. The van der Waals surface area contributed by atoms with Crippen LogP contribution in [-0.2, 0) is 0 Å². The minimum Gasteiger partial charge on any atom is -0.317 e. The molecule has 19 heavy (non-hydrogen) atoms. The van der Waals surface area contributed by atoms with Gasteiger partial charge in [-0.15, -0.1) is 0 Å². The molecule has 0 aromatic rings. The van der Waals surface area contributed by atoms with Crippen LogP contribution in [-0.4, -0.2) is 37.6 Å². The van der Waals surface area contributed by atoms with Crippen molar-refractivity contribution in [2.45, 2.75) is 70.8 Å². The van der Waals surface area contributed by atoms with E-state index in [2.05, 4.69) is 24.2 Å². The van der Waals surface area contributed by atoms with E-state index in [4.69, 9.17) is 0 Å². The first-order valence-corrected chi connectivity index (χ1v) is 8.73. The summed E-state index contributed by atoms with van der Waals surface area (Å²) in [5, 5.41) is 3.56. The number of likely N-dealkylation sites (tertiary alicyclic amines) is 1. The Morgan fingerprint density at radius 2 is 1.95 bits per heavy atom. The van der Waals surface area contributed by atoms with Crippen molar-refractivity contribution < 1.29 is 0 Å². The number of piperidine rings is 1. The molecule has 0 aromatic carbocycles. The summed E-state index contributed by atoms with van der Waals surface area (Å²) in [6.07, 6.45) is 12.9. The van der Waals surface area contributed by atoms with E-state index in [9.17, 15) is 0 Å². The standard InChI is InChI=1S/C17H34N2/c1-3-4-8-15-9-7-12-19(13-15)14-16-10-5-6-11-17(16)18-2/h15-18H,3-14H2,1-2H3/t15?,16-,17-/m1/s1. The third-order valence-electron chi connectivity index (χ3n) is 5.34. The second-order valence-electron chi connectivity index (χ2n) is 6.85. The highest BCUT2D eigenvalue weighted by molar-refractivity contribution is 4.84. The van der Waals surface area contributed by atoms with E-state index in [0.29, 0.717) is 0 Å². The van der Waals surface area contributed by atoms with Crippen molar-refractivity contribution >= 4 is 0 Å². The molecule has 0 radical (unpaired) electrons. The Bertz CT molecular complexity index is 241. The van der Waals surface area contributed by atoms with Gasteiger partial charge in [-0.3, -0.25) is 0 Å². The van der Waals surface area contributed by atoms with Crippen LogP contribution in [0.5, 0.6) is 0 Å². The molecule has 0 spiro atoms. The van der Waals surface area contributed by atoms with Gasteiger partial charge in [0, 0.05) is 19.1 Å². The Morgan fingerprint density at radius 1 is 1.11 bits per heavy atom. The molecule has 2 heteroatoms. The van der Waals surface area contributed by atoms with Gasteiger partial charge in [0.2, 0.25) is 0 Å². The lowest BCUT2D eigenvalue weighted by Crippen LogP contribution is -2.45. The predicted octanol–water partition coefficient (Wildman–Crippen LogP) is 3.67. The van der Waals surface area contributed by atoms with E-state index in [1.165, 1.54) is 77.4 Å². The van der Waals surface area contributed by atoms with Crippen molar-refractivity contribution in [3.63, 3.8) is 0 Å². The topological polar surface area (TPSA) is 15.3 Å². The molecule has 2 aliphatic rings. The van der Waals surface area contributed by atoms with Crippen LogP contribution >= 0.6 is 0 Å². The summed E-state index contributed by atoms with van der Waals surface area (Å²) in [5.41, 5.74) is 0. The van der Waals surface area contributed by atoms with Gasteiger partial charge in [0.25, 0.3) is 0 Å². The van der Waals surface area contributed by atoms with E-state index in [1.54, 1.807) is 0 Å². The SMILES string of the molecule is CCCCC1CCCN(C[C@H]2CCCC[C@H]2NC)C1. The minimum atomic E-state index is 0.782. The molecule has 2 fully saturated rings. The fraction of sp³-hybridized carbons (Fsp3) is 1.00. The number of rotatable bonds is 6. The number of nitrogens with zero attached hydrogens (tertiary/aromatic N) is 1. The second-order valence-corrected chi connectivity index (χ2v) is 6.85. The molecule has 1 heterocycles. The van der Waals surface area contributed by atoms with E-state index < -0.39 is 0 Å². The van der Waals surface area contributed by atoms with E-state index >= 15 is 0 Å². The van der Waals surface area contributed by atoms with Crippen molar-refractivity contribution in [2.24, 2.45) is 11.8 Å². The third-order valence-corrected chi connectivity index (χ3v) is 5.34. The molecule has 1 saturated carbocycles. The Balaban J connectivity index is 1.77. The Kier molecular flexibility index (Phi) is 6.66. The zero-order chi connectivity index (χ0) is 13.5. The molecule has 0 bridgehead atoms. The molecule has 1 aliphatic heterocycles. The van der Waals surface area contributed by atoms with Gasteiger partial charge >= 0.3 is 0 Å². The van der Waals surface area contributed by atoms with Crippen molar-refractivity contribution in [3.05, 3.63) is 0 Å². The zero-order valence-electron chi connectivity index (χ0n) is 13.2. The van der Waals surface area contributed by atoms with E-state index in [1.807, 2.05) is 0 Å². The highest BCUT2D eigenvalue weighted by atomic mass is 15.1. The van der Waals surface area contributed by atoms with Gasteiger partial charge in [-0.05, 0) is 57.5 Å². The molecular formula is C17H34N2. The predicted molar refractivity (Wildman–Crippen MR) is 83.5 cm³/mol. The monoisotopic (exact) mass is 266 g/mol. The quantitative estimate of drug-likeness (QED) is 0.789. The van der Waals surface area contributed by atoms with Gasteiger partial charge in [-0.1, -0.05) is 32.6 Å². The Hall–Kier alpha value is -0.0800. The van der Waals surface area contributed by atoms with E-state index in [-0.39, 0.29) is 0 Å². The summed E-state index contributed by atoms with van der Waals surface area (Å²) in [6.45, 7) is 6.41. The molecule has 1 N–H and O–H groups in total. The van der Waals surface area contributed by atoms with Crippen LogP contribution < -0.4 is 5.32 Å². The van der Waals surface area contributed by atoms with Crippen molar-refractivity contribution in [1.29, 1.82) is 0 Å². The lowest BCUT2D eigenvalue weighted by atomic mass is 9.83. The van der Waals surface area contributed by atoms with Crippen LogP contribution in [0.2, 0.25) is 0 Å². The molecule has 2 rings (SSSR count). The highest BCUT2D eigenvalue weighted by Crippen LogP contribution is 2.28. The number of nitrogens with one attached hydrogen (secondary N) is 1. The molecule has 0 aromatic heterocycles. The summed E-state index contributed by atoms with van der Waals surface area (Å²) < 4.78 is 0. The molecule has 1 aliphatic carbocycles. The summed E-state index contributed by atoms with van der Waals surface area (Å²) in [5.74, 6) is 1.90. The molecule has 1 saturated heterocycles. The molecule has 0 amide bonds. The Morgan fingerprint density at radius 3 is 2.74 bits per heavy atom. The van der Waals surface area contributed by atoms with Crippen molar-refractivity contribution in [1.82, 2.24) is 10.2 Å². The maximum Gasteiger partial charge on any atom is 0.0104 e. The average molecular weight is 266 g/mol. The average Bonchev–Trinajstić information content (AvgIpc) is 2.46. The second kappa shape index (κ2) is 8.26. The first-order chi connectivity index (χ1) is 9.33. The first kappa shape index (κ1) is 15.3. The van der Waals surface area contributed by atoms with Crippen LogP contribution in [0.4, 0.5) is 0 Å². The zero-order valence-corrected chi connectivity index (χ0v) is 13.2.